The fraction of sp³-hybridized carbons (Fsp3) is 0.481. The van der Waals surface area contributed by atoms with Gasteiger partial charge in [0.05, 0.1) is 11.6 Å². The van der Waals surface area contributed by atoms with Gasteiger partial charge < -0.3 is 20.0 Å². The number of benzene rings is 2. The lowest BCUT2D eigenvalue weighted by Gasteiger charge is -2.37. The number of piperazine rings is 1. The van der Waals surface area contributed by atoms with Gasteiger partial charge in [-0.3, -0.25) is 0 Å². The predicted molar refractivity (Wildman–Crippen MR) is 137 cm³/mol. The Morgan fingerprint density at radius 3 is 2.71 bits per heavy atom. The number of rotatable bonds is 6. The molecule has 2 aromatic rings. The van der Waals surface area contributed by atoms with E-state index < -0.39 is 0 Å². The molecule has 7 heteroatoms. The molecule has 1 aliphatic heterocycles. The largest absolute Gasteiger partial charge is 0.322 e. The van der Waals surface area contributed by atoms with Gasteiger partial charge in [-0.15, -0.1) is 0 Å². The topological polar surface area (TPSA) is 62.6 Å². The molecule has 0 aromatic heterocycles. The first kappa shape index (κ1) is 24.5. The summed E-state index contributed by atoms with van der Waals surface area (Å²) < 4.78 is 0. The van der Waals surface area contributed by atoms with Crippen LogP contribution < -0.4 is 5.32 Å². The Morgan fingerprint density at radius 2 is 1.97 bits per heavy atom. The van der Waals surface area contributed by atoms with Crippen LogP contribution in [0.1, 0.15) is 35.1 Å². The van der Waals surface area contributed by atoms with E-state index in [1.807, 2.05) is 42.2 Å². The smallest absolute Gasteiger partial charge is 0.321 e. The van der Waals surface area contributed by atoms with Crippen molar-refractivity contribution in [3.05, 3.63) is 63.7 Å². The molecule has 1 fully saturated rings. The highest BCUT2D eigenvalue weighted by molar-refractivity contribution is 6.31. The third-order valence-corrected chi connectivity index (χ3v) is 7.54. The predicted octanol–water partition coefficient (Wildman–Crippen LogP) is 4.55. The molecule has 4 rings (SSSR count). The average Bonchev–Trinajstić information content (AvgIpc) is 2.84. The van der Waals surface area contributed by atoms with Crippen molar-refractivity contribution in [3.8, 4) is 6.07 Å². The molecule has 1 saturated heterocycles. The Labute approximate surface area is 208 Å². The second-order valence-electron chi connectivity index (χ2n) is 9.58. The number of aryl methyl sites for hydroxylation is 2. The number of hydrogen-bond acceptors (Lipinski definition) is 4. The molecule has 1 aliphatic carbocycles. The van der Waals surface area contributed by atoms with Crippen molar-refractivity contribution in [1.29, 1.82) is 5.26 Å². The standard InChI is InChI=1S/C27H34ClN5O/c1-20-4-8-24(18-26(20)28)30-27(34)33(11-3-10-32-14-12-31(2)13-15-32)25-9-7-22-6-5-21(19-29)16-23(22)17-25/h4-6,8,16,18,25H,3,7,9-15,17H2,1-2H3,(H,30,34). The van der Waals surface area contributed by atoms with Gasteiger partial charge in [-0.2, -0.15) is 5.26 Å². The number of anilines is 1. The number of fused-ring (bicyclic) bond motifs is 1. The molecule has 2 amide bonds. The highest BCUT2D eigenvalue weighted by atomic mass is 35.5. The molecule has 0 spiro atoms. The molecular formula is C27H34ClN5O. The summed E-state index contributed by atoms with van der Waals surface area (Å²) in [6, 6.07) is 13.9. The molecule has 1 N–H and O–H groups in total. The van der Waals surface area contributed by atoms with Gasteiger partial charge in [0.15, 0.2) is 0 Å². The summed E-state index contributed by atoms with van der Waals surface area (Å²) >= 11 is 6.29. The monoisotopic (exact) mass is 479 g/mol. The van der Waals surface area contributed by atoms with Crippen LogP contribution in [0.3, 0.4) is 0 Å². The van der Waals surface area contributed by atoms with Crippen LogP contribution in [-0.4, -0.2) is 73.1 Å². The number of halogens is 1. The van der Waals surface area contributed by atoms with E-state index in [0.29, 0.717) is 22.8 Å². The second kappa shape index (κ2) is 11.2. The van der Waals surface area contributed by atoms with E-state index in [2.05, 4.69) is 34.3 Å². The van der Waals surface area contributed by atoms with Gasteiger partial charge in [0.1, 0.15) is 0 Å². The SMILES string of the molecule is Cc1ccc(NC(=O)N(CCCN2CCN(C)CC2)C2CCc3ccc(C#N)cc3C2)cc1Cl. The molecule has 2 aromatic carbocycles. The molecular weight excluding hydrogens is 446 g/mol. The summed E-state index contributed by atoms with van der Waals surface area (Å²) in [6.07, 6.45) is 3.56. The Balaban J connectivity index is 1.46. The van der Waals surface area contributed by atoms with Crippen LogP contribution in [0.5, 0.6) is 0 Å². The van der Waals surface area contributed by atoms with Crippen molar-refractivity contribution >= 4 is 23.3 Å². The molecule has 1 heterocycles. The van der Waals surface area contributed by atoms with Crippen LogP contribution in [0, 0.1) is 18.3 Å². The van der Waals surface area contributed by atoms with Crippen LogP contribution in [-0.2, 0) is 12.8 Å². The molecule has 0 bridgehead atoms. The highest BCUT2D eigenvalue weighted by Crippen LogP contribution is 2.27. The fourth-order valence-electron chi connectivity index (χ4n) is 4.93. The van der Waals surface area contributed by atoms with Gasteiger partial charge in [0, 0.05) is 49.5 Å². The van der Waals surface area contributed by atoms with Crippen molar-refractivity contribution < 1.29 is 4.79 Å². The van der Waals surface area contributed by atoms with E-state index in [-0.39, 0.29) is 12.1 Å². The first-order chi connectivity index (χ1) is 16.4. The number of carbonyl (C=O) groups excluding carboxylic acids is 1. The Kier molecular flexibility index (Phi) is 8.10. The number of amides is 2. The number of urea groups is 1. The first-order valence-electron chi connectivity index (χ1n) is 12.2. The number of carbonyl (C=O) groups is 1. The summed E-state index contributed by atoms with van der Waals surface area (Å²) in [7, 11) is 2.17. The molecule has 0 saturated carbocycles. The number of likely N-dealkylation sites (N-methyl/N-ethyl adjacent to an activating group) is 1. The Hall–Kier alpha value is -2.59. The quantitative estimate of drug-likeness (QED) is 0.660. The lowest BCUT2D eigenvalue weighted by Crippen LogP contribution is -2.48. The molecule has 2 aliphatic rings. The number of nitrogens with one attached hydrogen (secondary N) is 1. The second-order valence-corrected chi connectivity index (χ2v) is 9.99. The van der Waals surface area contributed by atoms with E-state index in [0.717, 1.165) is 64.0 Å². The van der Waals surface area contributed by atoms with Gasteiger partial charge in [-0.25, -0.2) is 4.79 Å². The minimum absolute atomic E-state index is 0.0804. The van der Waals surface area contributed by atoms with E-state index in [4.69, 9.17) is 11.6 Å². The summed E-state index contributed by atoms with van der Waals surface area (Å²) in [6.45, 7) is 8.01. The highest BCUT2D eigenvalue weighted by Gasteiger charge is 2.28. The van der Waals surface area contributed by atoms with E-state index in [1.165, 1.54) is 11.1 Å². The van der Waals surface area contributed by atoms with Crippen LogP contribution in [0.4, 0.5) is 10.5 Å². The summed E-state index contributed by atoms with van der Waals surface area (Å²) in [5.74, 6) is 0. The summed E-state index contributed by atoms with van der Waals surface area (Å²) in [5, 5.41) is 13.0. The van der Waals surface area contributed by atoms with Crippen molar-refractivity contribution in [2.75, 3.05) is 51.6 Å². The molecule has 180 valence electrons. The lowest BCUT2D eigenvalue weighted by atomic mass is 9.86. The summed E-state index contributed by atoms with van der Waals surface area (Å²) in [5.41, 5.74) is 4.86. The average molecular weight is 480 g/mol. The first-order valence-corrected chi connectivity index (χ1v) is 12.6. The van der Waals surface area contributed by atoms with Crippen LogP contribution in [0.2, 0.25) is 5.02 Å². The zero-order valence-electron chi connectivity index (χ0n) is 20.2. The molecule has 6 nitrogen and oxygen atoms in total. The minimum Gasteiger partial charge on any atom is -0.321 e. The maximum Gasteiger partial charge on any atom is 0.322 e. The lowest BCUT2D eigenvalue weighted by molar-refractivity contribution is 0.140. The van der Waals surface area contributed by atoms with Gasteiger partial charge in [-0.05, 0) is 87.2 Å². The number of nitriles is 1. The molecule has 1 unspecified atom stereocenters. The van der Waals surface area contributed by atoms with Crippen molar-refractivity contribution in [3.63, 3.8) is 0 Å². The van der Waals surface area contributed by atoms with Crippen molar-refractivity contribution in [1.82, 2.24) is 14.7 Å². The van der Waals surface area contributed by atoms with Crippen LogP contribution in [0.15, 0.2) is 36.4 Å². The van der Waals surface area contributed by atoms with Crippen molar-refractivity contribution in [2.45, 2.75) is 38.6 Å². The third-order valence-electron chi connectivity index (χ3n) is 7.13. The van der Waals surface area contributed by atoms with E-state index >= 15 is 0 Å². The maximum absolute atomic E-state index is 13.5. The third kappa shape index (κ3) is 6.09. The zero-order valence-corrected chi connectivity index (χ0v) is 20.9. The zero-order chi connectivity index (χ0) is 24.1. The maximum atomic E-state index is 13.5. The van der Waals surface area contributed by atoms with Crippen LogP contribution >= 0.6 is 11.6 Å². The van der Waals surface area contributed by atoms with E-state index in [9.17, 15) is 10.1 Å². The Bertz CT molecular complexity index is 1060. The summed E-state index contributed by atoms with van der Waals surface area (Å²) in [4.78, 5) is 20.3. The number of nitrogens with zero attached hydrogens (tertiary/aromatic N) is 4. The Morgan fingerprint density at radius 1 is 1.18 bits per heavy atom. The van der Waals surface area contributed by atoms with Gasteiger partial charge in [0.2, 0.25) is 0 Å². The molecule has 0 radical (unpaired) electrons. The van der Waals surface area contributed by atoms with Gasteiger partial charge >= 0.3 is 6.03 Å². The van der Waals surface area contributed by atoms with Crippen molar-refractivity contribution in [2.24, 2.45) is 0 Å². The molecule has 34 heavy (non-hydrogen) atoms. The number of hydrogen-bond donors (Lipinski definition) is 1. The van der Waals surface area contributed by atoms with Gasteiger partial charge in [0.25, 0.3) is 0 Å². The van der Waals surface area contributed by atoms with E-state index in [1.54, 1.807) is 0 Å². The van der Waals surface area contributed by atoms with Gasteiger partial charge in [-0.1, -0.05) is 23.7 Å². The molecule has 1 atom stereocenters. The van der Waals surface area contributed by atoms with Crippen LogP contribution in [0.25, 0.3) is 0 Å². The fourth-order valence-corrected chi connectivity index (χ4v) is 5.11. The minimum atomic E-state index is -0.0804. The normalized spacial score (nSPS) is 18.7.